The Morgan fingerprint density at radius 3 is 1.85 bits per heavy atom. The van der Waals surface area contributed by atoms with E-state index in [-0.39, 0.29) is 6.61 Å². The molecule has 2 aromatic rings. The second kappa shape index (κ2) is 13.5. The van der Waals surface area contributed by atoms with Crippen LogP contribution in [0, 0.1) is 11.8 Å². The molecule has 0 saturated carbocycles. The predicted molar refractivity (Wildman–Crippen MR) is 111 cm³/mol. The highest BCUT2D eigenvalue weighted by molar-refractivity contribution is 5.18. The van der Waals surface area contributed by atoms with Crippen LogP contribution in [0.2, 0.25) is 0 Å². The van der Waals surface area contributed by atoms with E-state index in [2.05, 4.69) is 69.3 Å². The quantitative estimate of drug-likeness (QED) is 0.627. The van der Waals surface area contributed by atoms with Gasteiger partial charge in [0, 0.05) is 13.2 Å². The second-order valence-electron chi connectivity index (χ2n) is 7.48. The highest BCUT2D eigenvalue weighted by atomic mass is 16.3. The van der Waals surface area contributed by atoms with Crippen molar-refractivity contribution in [1.82, 2.24) is 0 Å². The molecule has 2 rings (SSSR count). The molecule has 0 fully saturated rings. The van der Waals surface area contributed by atoms with Crippen molar-refractivity contribution in [2.45, 2.75) is 52.4 Å². The van der Waals surface area contributed by atoms with Crippen LogP contribution in [-0.4, -0.2) is 23.4 Å². The lowest BCUT2D eigenvalue weighted by Crippen LogP contribution is -2.05. The fraction of sp³-hybridized carbons (Fsp3) is 0.500. The molecule has 0 bridgehead atoms. The SMILES string of the molecule is CC(CCO)CCc1ccccc1.CC(CO)CC(C)c1ccccc1. The van der Waals surface area contributed by atoms with Gasteiger partial charge in [-0.1, -0.05) is 81.4 Å². The van der Waals surface area contributed by atoms with Crippen molar-refractivity contribution in [3.63, 3.8) is 0 Å². The number of aliphatic hydroxyl groups excluding tert-OH is 2. The fourth-order valence-corrected chi connectivity index (χ4v) is 3.02. The number of benzene rings is 2. The van der Waals surface area contributed by atoms with Crippen LogP contribution >= 0.6 is 0 Å². The Morgan fingerprint density at radius 1 is 0.731 bits per heavy atom. The lowest BCUT2D eigenvalue weighted by Gasteiger charge is -2.15. The molecule has 2 aromatic carbocycles. The van der Waals surface area contributed by atoms with Gasteiger partial charge in [-0.2, -0.15) is 0 Å². The van der Waals surface area contributed by atoms with E-state index in [1.807, 2.05) is 12.1 Å². The van der Waals surface area contributed by atoms with Gasteiger partial charge >= 0.3 is 0 Å². The molecule has 3 unspecified atom stereocenters. The van der Waals surface area contributed by atoms with E-state index in [0.29, 0.717) is 24.4 Å². The molecule has 0 saturated heterocycles. The summed E-state index contributed by atoms with van der Waals surface area (Å²) in [6.45, 7) is 7.09. The highest BCUT2D eigenvalue weighted by Crippen LogP contribution is 2.22. The standard InChI is InChI=1S/2C12H18O/c1-10(9-13)8-11(2)12-6-4-3-5-7-12;1-11(9-10-13)7-8-12-5-3-2-4-6-12/h3-7,10-11,13H,8-9H2,1-2H3;2-6,11,13H,7-10H2,1H3. The first-order valence-electron chi connectivity index (χ1n) is 9.87. The van der Waals surface area contributed by atoms with Gasteiger partial charge in [-0.3, -0.25) is 0 Å². The van der Waals surface area contributed by atoms with Gasteiger partial charge < -0.3 is 10.2 Å². The first kappa shape index (κ1) is 22.4. The molecular formula is C24H36O2. The van der Waals surface area contributed by atoms with Gasteiger partial charge in [0.05, 0.1) is 0 Å². The molecule has 0 amide bonds. The molecule has 0 aliphatic rings. The van der Waals surface area contributed by atoms with E-state index in [9.17, 15) is 0 Å². The smallest absolute Gasteiger partial charge is 0.0456 e. The van der Waals surface area contributed by atoms with E-state index in [1.165, 1.54) is 17.5 Å². The molecule has 3 atom stereocenters. The molecule has 2 N–H and O–H groups in total. The molecule has 0 aliphatic carbocycles. The van der Waals surface area contributed by atoms with Crippen LogP contribution in [0.25, 0.3) is 0 Å². The maximum Gasteiger partial charge on any atom is 0.0456 e. The predicted octanol–water partition coefficient (Wildman–Crippen LogP) is 5.45. The maximum atomic E-state index is 8.93. The van der Waals surface area contributed by atoms with E-state index in [0.717, 1.165) is 19.3 Å². The molecule has 0 spiro atoms. The third-order valence-corrected chi connectivity index (χ3v) is 4.83. The summed E-state index contributed by atoms with van der Waals surface area (Å²) >= 11 is 0. The van der Waals surface area contributed by atoms with E-state index in [4.69, 9.17) is 10.2 Å². The van der Waals surface area contributed by atoms with Gasteiger partial charge in [-0.25, -0.2) is 0 Å². The zero-order valence-corrected chi connectivity index (χ0v) is 16.6. The van der Waals surface area contributed by atoms with Gasteiger partial charge in [-0.15, -0.1) is 0 Å². The summed E-state index contributed by atoms with van der Waals surface area (Å²) in [6, 6.07) is 21.0. The van der Waals surface area contributed by atoms with E-state index in [1.54, 1.807) is 0 Å². The van der Waals surface area contributed by atoms with Gasteiger partial charge in [0.25, 0.3) is 0 Å². The van der Waals surface area contributed by atoms with Crippen molar-refractivity contribution in [2.75, 3.05) is 13.2 Å². The van der Waals surface area contributed by atoms with Crippen LogP contribution in [0.15, 0.2) is 60.7 Å². The highest BCUT2D eigenvalue weighted by Gasteiger charge is 2.09. The monoisotopic (exact) mass is 356 g/mol. The minimum absolute atomic E-state index is 0.289. The molecule has 0 heterocycles. The van der Waals surface area contributed by atoms with Crippen LogP contribution in [0.5, 0.6) is 0 Å². The van der Waals surface area contributed by atoms with Crippen molar-refractivity contribution in [2.24, 2.45) is 11.8 Å². The summed E-state index contributed by atoms with van der Waals surface area (Å²) in [5.41, 5.74) is 2.76. The topological polar surface area (TPSA) is 40.5 Å². The molecule has 0 aliphatic heterocycles. The number of aryl methyl sites for hydroxylation is 1. The number of hydrogen-bond donors (Lipinski definition) is 2. The molecule has 2 nitrogen and oxygen atoms in total. The first-order chi connectivity index (χ1) is 12.6. The zero-order valence-electron chi connectivity index (χ0n) is 16.6. The summed E-state index contributed by atoms with van der Waals surface area (Å²) in [5, 5.41) is 17.7. The first-order valence-corrected chi connectivity index (χ1v) is 9.87. The average molecular weight is 357 g/mol. The normalized spacial score (nSPS) is 14.0. The lowest BCUT2D eigenvalue weighted by molar-refractivity contribution is 0.225. The van der Waals surface area contributed by atoms with Crippen LogP contribution in [0.4, 0.5) is 0 Å². The minimum Gasteiger partial charge on any atom is -0.396 e. The largest absolute Gasteiger partial charge is 0.396 e. The molecular weight excluding hydrogens is 320 g/mol. The average Bonchev–Trinajstić information content (AvgIpc) is 2.68. The molecule has 0 radical (unpaired) electrons. The molecule has 26 heavy (non-hydrogen) atoms. The number of rotatable bonds is 9. The van der Waals surface area contributed by atoms with Crippen molar-refractivity contribution in [1.29, 1.82) is 0 Å². The lowest BCUT2D eigenvalue weighted by atomic mass is 9.92. The van der Waals surface area contributed by atoms with Crippen LogP contribution in [0.1, 0.15) is 57.1 Å². The zero-order chi connectivity index (χ0) is 19.2. The Labute approximate surface area is 159 Å². The van der Waals surface area contributed by atoms with Gasteiger partial charge in [0.1, 0.15) is 0 Å². The van der Waals surface area contributed by atoms with Crippen molar-refractivity contribution < 1.29 is 10.2 Å². The Morgan fingerprint density at radius 2 is 1.31 bits per heavy atom. The molecule has 2 heteroatoms. The van der Waals surface area contributed by atoms with Gasteiger partial charge in [0.15, 0.2) is 0 Å². The third kappa shape index (κ3) is 9.74. The second-order valence-corrected chi connectivity index (χ2v) is 7.48. The number of hydrogen-bond acceptors (Lipinski definition) is 2. The summed E-state index contributed by atoms with van der Waals surface area (Å²) in [6.07, 6.45) is 4.28. The Kier molecular flexibility index (Phi) is 11.7. The van der Waals surface area contributed by atoms with Gasteiger partial charge in [-0.05, 0) is 54.6 Å². The maximum absolute atomic E-state index is 8.93. The Hall–Kier alpha value is -1.64. The Bertz CT molecular complexity index is 553. The third-order valence-electron chi connectivity index (χ3n) is 4.83. The Balaban J connectivity index is 0.000000260. The summed E-state index contributed by atoms with van der Waals surface area (Å²) < 4.78 is 0. The van der Waals surface area contributed by atoms with Crippen LogP contribution in [0.3, 0.4) is 0 Å². The number of aliphatic hydroxyl groups is 2. The van der Waals surface area contributed by atoms with Crippen molar-refractivity contribution >= 4 is 0 Å². The van der Waals surface area contributed by atoms with E-state index < -0.39 is 0 Å². The fourth-order valence-electron chi connectivity index (χ4n) is 3.02. The summed E-state index contributed by atoms with van der Waals surface area (Å²) in [5.74, 6) is 1.57. The summed E-state index contributed by atoms with van der Waals surface area (Å²) in [7, 11) is 0. The minimum atomic E-state index is 0.289. The van der Waals surface area contributed by atoms with Crippen LogP contribution < -0.4 is 0 Å². The summed E-state index contributed by atoms with van der Waals surface area (Å²) in [4.78, 5) is 0. The molecule has 144 valence electrons. The van der Waals surface area contributed by atoms with Gasteiger partial charge in [0.2, 0.25) is 0 Å². The van der Waals surface area contributed by atoms with E-state index >= 15 is 0 Å². The molecule has 0 aromatic heterocycles. The van der Waals surface area contributed by atoms with Crippen LogP contribution in [-0.2, 0) is 6.42 Å². The van der Waals surface area contributed by atoms with Crippen molar-refractivity contribution in [3.8, 4) is 0 Å². The van der Waals surface area contributed by atoms with Crippen molar-refractivity contribution in [3.05, 3.63) is 71.8 Å².